The van der Waals surface area contributed by atoms with E-state index in [0.717, 1.165) is 24.3 Å². The van der Waals surface area contributed by atoms with Crippen molar-refractivity contribution in [2.75, 3.05) is 0 Å². The van der Waals surface area contributed by atoms with Gasteiger partial charge in [-0.05, 0) is 24.6 Å². The Morgan fingerprint density at radius 1 is 0.606 bits per heavy atom. The zero-order valence-corrected chi connectivity index (χ0v) is 17.1. The fourth-order valence-electron chi connectivity index (χ4n) is 2.45. The van der Waals surface area contributed by atoms with Crippen LogP contribution in [0.2, 0.25) is 0 Å². The number of rotatable bonds is 8. The first-order valence-electron chi connectivity index (χ1n) is 8.03. The van der Waals surface area contributed by atoms with E-state index >= 15 is 0 Å². The summed E-state index contributed by atoms with van der Waals surface area (Å²) in [5, 5.41) is 9.96. The molecule has 0 bridgehead atoms. The van der Waals surface area contributed by atoms with Gasteiger partial charge in [0, 0.05) is 4.47 Å². The van der Waals surface area contributed by atoms with Gasteiger partial charge in [0.25, 0.3) is 0 Å². The van der Waals surface area contributed by atoms with Gasteiger partial charge < -0.3 is 5.11 Å². The molecule has 1 aromatic rings. The van der Waals surface area contributed by atoms with E-state index in [-0.39, 0.29) is 4.47 Å². The number of aliphatic hydroxyl groups is 1. The lowest BCUT2D eigenvalue weighted by atomic mass is 9.84. The lowest BCUT2D eigenvalue weighted by Crippen LogP contribution is -2.72. The van der Waals surface area contributed by atoms with E-state index in [2.05, 4.69) is 15.9 Å². The largest absolute Gasteiger partial charge is 0.460 e. The van der Waals surface area contributed by atoms with Crippen LogP contribution in [0.15, 0.2) is 28.7 Å². The van der Waals surface area contributed by atoms with Crippen molar-refractivity contribution in [1.82, 2.24) is 0 Å². The van der Waals surface area contributed by atoms with Crippen molar-refractivity contribution in [1.29, 1.82) is 0 Å². The Morgan fingerprint density at radius 3 is 1.30 bits per heavy atom. The highest BCUT2D eigenvalue weighted by molar-refractivity contribution is 9.10. The zero-order chi connectivity index (χ0) is 26.7. The highest BCUT2D eigenvalue weighted by atomic mass is 79.9. The van der Waals surface area contributed by atoms with Crippen molar-refractivity contribution in [3.63, 3.8) is 0 Å². The van der Waals surface area contributed by atoms with Crippen LogP contribution in [0.3, 0.4) is 0 Å². The molecule has 0 amide bonds. The zero-order valence-electron chi connectivity index (χ0n) is 15.5. The van der Waals surface area contributed by atoms with Crippen LogP contribution >= 0.6 is 15.9 Å². The maximum Gasteiger partial charge on any atom is 0.460 e. The molecule has 0 saturated carbocycles. The molecule has 0 aromatic heterocycles. The third kappa shape index (κ3) is 4.50. The van der Waals surface area contributed by atoms with Gasteiger partial charge >= 0.3 is 41.7 Å². The molecule has 1 nitrogen and oxygen atoms in total. The van der Waals surface area contributed by atoms with Crippen LogP contribution in [0.4, 0.5) is 65.9 Å². The van der Waals surface area contributed by atoms with Crippen molar-refractivity contribution in [2.24, 2.45) is 0 Å². The Morgan fingerprint density at radius 2 is 0.939 bits per heavy atom. The molecule has 0 fully saturated rings. The third-order valence-electron chi connectivity index (χ3n) is 4.43. The molecule has 192 valence electrons. The van der Waals surface area contributed by atoms with Gasteiger partial charge in [-0.1, -0.05) is 28.1 Å². The second-order valence-corrected chi connectivity index (χ2v) is 7.95. The lowest BCUT2D eigenvalue weighted by Gasteiger charge is -2.42. The minimum absolute atomic E-state index is 0.234. The summed E-state index contributed by atoms with van der Waals surface area (Å²) in [6, 6.07) is 3.62. The molecule has 1 aromatic carbocycles. The predicted molar refractivity (Wildman–Crippen MR) is 84.1 cm³/mol. The Labute approximate surface area is 182 Å². The van der Waals surface area contributed by atoms with Gasteiger partial charge in [-0.2, -0.15) is 65.9 Å². The first-order chi connectivity index (χ1) is 14.2. The van der Waals surface area contributed by atoms with E-state index in [4.69, 9.17) is 0 Å². The highest BCUT2D eigenvalue weighted by Gasteiger charge is 2.93. The van der Waals surface area contributed by atoms with E-state index in [1.165, 1.54) is 0 Å². The number of benzene rings is 1. The summed E-state index contributed by atoms with van der Waals surface area (Å²) in [6.45, 7) is 0.308. The van der Waals surface area contributed by atoms with Crippen LogP contribution in [0.1, 0.15) is 18.9 Å². The monoisotopic (exact) mass is 582 g/mol. The average molecular weight is 583 g/mol. The quantitative estimate of drug-likeness (QED) is 0.316. The molecule has 1 atom stereocenters. The Bertz CT molecular complexity index is 842. The molecule has 0 aliphatic rings. The molecule has 0 radical (unpaired) electrons. The summed E-state index contributed by atoms with van der Waals surface area (Å²) in [4.78, 5) is 0. The summed E-state index contributed by atoms with van der Waals surface area (Å²) >= 11 is 2.86. The molecular formula is C16H10BrF15O. The van der Waals surface area contributed by atoms with Crippen LogP contribution in [0, 0.1) is 0 Å². The summed E-state index contributed by atoms with van der Waals surface area (Å²) < 4.78 is 198. The predicted octanol–water partition coefficient (Wildman–Crippen LogP) is 7.42. The minimum atomic E-state index is -8.35. The SMILES string of the molecule is CC(O)(CC(F)(F)C(F)(F)C(F)(F)C(F)(F)C(F)(F)C(F)(F)C(F)(F)F)c1ccc(Br)cc1. The second-order valence-electron chi connectivity index (χ2n) is 7.03. The molecule has 0 heterocycles. The van der Waals surface area contributed by atoms with Gasteiger partial charge in [-0.3, -0.25) is 0 Å². The first-order valence-corrected chi connectivity index (χ1v) is 8.82. The topological polar surface area (TPSA) is 20.2 Å². The van der Waals surface area contributed by atoms with Crippen LogP contribution in [-0.4, -0.2) is 46.8 Å². The molecule has 0 aliphatic heterocycles. The highest BCUT2D eigenvalue weighted by Crippen LogP contribution is 2.63. The van der Waals surface area contributed by atoms with Crippen LogP contribution < -0.4 is 0 Å². The molecule has 0 spiro atoms. The fraction of sp³-hybridized carbons (Fsp3) is 0.625. The van der Waals surface area contributed by atoms with Gasteiger partial charge in [-0.25, -0.2) is 0 Å². The standard InChI is InChI=1S/C16H10BrF15O/c1-9(33,7-2-4-8(17)5-3-7)6-10(18,19)11(20,21)12(22,23)13(24,25)14(26,27)15(28,29)16(30,31)32/h2-5,33H,6H2,1H3. The fourth-order valence-corrected chi connectivity index (χ4v) is 2.72. The second kappa shape index (κ2) is 8.09. The molecule has 33 heavy (non-hydrogen) atoms. The number of hydrogen-bond acceptors (Lipinski definition) is 1. The maximum atomic E-state index is 14.0. The minimum Gasteiger partial charge on any atom is -0.385 e. The average Bonchev–Trinajstić information content (AvgIpc) is 2.59. The van der Waals surface area contributed by atoms with Crippen molar-refractivity contribution in [3.05, 3.63) is 34.3 Å². The van der Waals surface area contributed by atoms with E-state index < -0.39 is 59.3 Å². The van der Waals surface area contributed by atoms with Crippen LogP contribution in [0.25, 0.3) is 0 Å². The lowest BCUT2D eigenvalue weighted by molar-refractivity contribution is -0.453. The Balaban J connectivity index is 3.52. The Hall–Kier alpha value is -1.39. The van der Waals surface area contributed by atoms with Crippen LogP contribution in [-0.2, 0) is 5.60 Å². The molecule has 0 aliphatic carbocycles. The summed E-state index contributed by atoms with van der Waals surface area (Å²) in [5.41, 5.74) is -3.91. The van der Waals surface area contributed by atoms with Crippen molar-refractivity contribution < 1.29 is 71.0 Å². The summed E-state index contributed by atoms with van der Waals surface area (Å²) in [5.74, 6) is -47.0. The number of alkyl halides is 15. The molecule has 1 N–H and O–H groups in total. The van der Waals surface area contributed by atoms with E-state index in [1.54, 1.807) is 0 Å². The molecule has 17 heteroatoms. The Kier molecular flexibility index (Phi) is 7.26. The van der Waals surface area contributed by atoms with Gasteiger partial charge in [0.2, 0.25) is 0 Å². The maximum absolute atomic E-state index is 14.0. The van der Waals surface area contributed by atoms with Crippen molar-refractivity contribution in [2.45, 2.75) is 60.7 Å². The molecular weight excluding hydrogens is 573 g/mol. The van der Waals surface area contributed by atoms with Gasteiger partial charge in [0.1, 0.15) is 0 Å². The summed E-state index contributed by atoms with van der Waals surface area (Å²) in [6.07, 6.45) is -10.5. The molecule has 1 unspecified atom stereocenters. The van der Waals surface area contributed by atoms with E-state index in [9.17, 15) is 71.0 Å². The summed E-state index contributed by atoms with van der Waals surface area (Å²) in [7, 11) is 0. The van der Waals surface area contributed by atoms with E-state index in [0.29, 0.717) is 6.92 Å². The van der Waals surface area contributed by atoms with E-state index in [1.807, 2.05) is 0 Å². The molecule has 1 rings (SSSR count). The van der Waals surface area contributed by atoms with Gasteiger partial charge in [0.05, 0.1) is 12.0 Å². The van der Waals surface area contributed by atoms with Crippen molar-refractivity contribution in [3.8, 4) is 0 Å². The molecule has 0 saturated heterocycles. The van der Waals surface area contributed by atoms with Gasteiger partial charge in [0.15, 0.2) is 0 Å². The number of halogens is 16. The third-order valence-corrected chi connectivity index (χ3v) is 4.95. The van der Waals surface area contributed by atoms with Gasteiger partial charge in [-0.15, -0.1) is 0 Å². The number of hydrogen-bond donors (Lipinski definition) is 1. The smallest absolute Gasteiger partial charge is 0.385 e. The van der Waals surface area contributed by atoms with Crippen LogP contribution in [0.5, 0.6) is 0 Å². The normalized spacial score (nSPS) is 17.2. The van der Waals surface area contributed by atoms with Crippen molar-refractivity contribution >= 4 is 15.9 Å². The first kappa shape index (κ1) is 29.6.